The van der Waals surface area contributed by atoms with Gasteiger partial charge < -0.3 is 9.84 Å². The topological polar surface area (TPSA) is 66.8 Å². The van der Waals surface area contributed by atoms with E-state index in [9.17, 15) is 14.7 Å². The van der Waals surface area contributed by atoms with Crippen molar-refractivity contribution in [3.05, 3.63) is 71.0 Å². The Kier molecular flexibility index (Phi) is 4.57. The third-order valence-electron chi connectivity index (χ3n) is 3.98. The van der Waals surface area contributed by atoms with E-state index in [1.54, 1.807) is 30.3 Å². The number of benzene rings is 2. The number of hydrogen-bond acceptors (Lipinski definition) is 4. The SMILES string of the molecule is Cc1cc(C)cc(OCCN2C(=O)C(O)=C(c3ccccc3)C2=O)c1. The minimum Gasteiger partial charge on any atom is -0.502 e. The van der Waals surface area contributed by atoms with Crippen molar-refractivity contribution in [3.63, 3.8) is 0 Å². The zero-order valence-corrected chi connectivity index (χ0v) is 14.2. The van der Waals surface area contributed by atoms with Gasteiger partial charge in [0.2, 0.25) is 0 Å². The van der Waals surface area contributed by atoms with Crippen LogP contribution in [0.25, 0.3) is 5.57 Å². The summed E-state index contributed by atoms with van der Waals surface area (Å²) >= 11 is 0. The standard InChI is InChI=1S/C20H19NO4/c1-13-10-14(2)12-16(11-13)25-9-8-21-19(23)17(18(22)20(21)24)15-6-4-3-5-7-15/h3-7,10-12,22H,8-9H2,1-2H3. The van der Waals surface area contributed by atoms with E-state index in [1.807, 2.05) is 32.0 Å². The summed E-state index contributed by atoms with van der Waals surface area (Å²) in [4.78, 5) is 25.7. The van der Waals surface area contributed by atoms with Crippen LogP contribution in [0.3, 0.4) is 0 Å². The molecule has 1 aliphatic heterocycles. The molecule has 0 spiro atoms. The molecule has 0 bridgehead atoms. The van der Waals surface area contributed by atoms with Gasteiger partial charge in [-0.2, -0.15) is 0 Å². The summed E-state index contributed by atoms with van der Waals surface area (Å²) in [5.41, 5.74) is 2.72. The van der Waals surface area contributed by atoms with E-state index in [-0.39, 0.29) is 18.7 Å². The van der Waals surface area contributed by atoms with Crippen LogP contribution in [-0.4, -0.2) is 35.0 Å². The number of hydrogen-bond donors (Lipinski definition) is 1. The van der Waals surface area contributed by atoms with Crippen LogP contribution in [0.15, 0.2) is 54.3 Å². The Balaban J connectivity index is 1.68. The first-order valence-corrected chi connectivity index (χ1v) is 8.03. The van der Waals surface area contributed by atoms with Crippen LogP contribution in [0, 0.1) is 13.8 Å². The van der Waals surface area contributed by atoms with Gasteiger partial charge in [-0.05, 0) is 42.7 Å². The summed E-state index contributed by atoms with van der Waals surface area (Å²) in [6.07, 6.45) is 0. The number of imide groups is 1. The molecule has 128 valence electrons. The number of carbonyl (C=O) groups is 2. The molecule has 1 heterocycles. The molecule has 5 heteroatoms. The Morgan fingerprint density at radius 2 is 1.60 bits per heavy atom. The molecule has 0 atom stereocenters. The summed E-state index contributed by atoms with van der Waals surface area (Å²) in [6, 6.07) is 14.5. The number of aliphatic hydroxyl groups excluding tert-OH is 1. The average molecular weight is 337 g/mol. The Morgan fingerprint density at radius 1 is 0.960 bits per heavy atom. The summed E-state index contributed by atoms with van der Waals surface area (Å²) < 4.78 is 5.66. The summed E-state index contributed by atoms with van der Waals surface area (Å²) in [5.74, 6) is -1.01. The van der Waals surface area contributed by atoms with Crippen LogP contribution in [0.2, 0.25) is 0 Å². The predicted molar refractivity (Wildman–Crippen MR) is 94.1 cm³/mol. The Bertz CT molecular complexity index is 835. The number of ether oxygens (including phenoxy) is 1. The first-order chi connectivity index (χ1) is 12.0. The second-order valence-corrected chi connectivity index (χ2v) is 6.02. The Hall–Kier alpha value is -3.08. The van der Waals surface area contributed by atoms with Gasteiger partial charge in [0, 0.05) is 0 Å². The van der Waals surface area contributed by atoms with E-state index in [0.29, 0.717) is 11.3 Å². The van der Waals surface area contributed by atoms with Gasteiger partial charge in [0.25, 0.3) is 11.8 Å². The molecule has 5 nitrogen and oxygen atoms in total. The highest BCUT2D eigenvalue weighted by Crippen LogP contribution is 2.27. The lowest BCUT2D eigenvalue weighted by Crippen LogP contribution is -2.35. The molecule has 0 radical (unpaired) electrons. The molecule has 3 rings (SSSR count). The molecule has 25 heavy (non-hydrogen) atoms. The molecule has 0 saturated carbocycles. The lowest BCUT2D eigenvalue weighted by atomic mass is 10.1. The van der Waals surface area contributed by atoms with Crippen molar-refractivity contribution in [2.75, 3.05) is 13.2 Å². The minimum absolute atomic E-state index is 0.0389. The molecule has 0 aromatic heterocycles. The van der Waals surface area contributed by atoms with Crippen LogP contribution < -0.4 is 4.74 Å². The Morgan fingerprint density at radius 3 is 2.24 bits per heavy atom. The van der Waals surface area contributed by atoms with Crippen LogP contribution in [0.5, 0.6) is 5.75 Å². The third-order valence-corrected chi connectivity index (χ3v) is 3.98. The van der Waals surface area contributed by atoms with Gasteiger partial charge in [0.1, 0.15) is 12.4 Å². The Labute approximate surface area is 146 Å². The van der Waals surface area contributed by atoms with E-state index >= 15 is 0 Å². The van der Waals surface area contributed by atoms with Crippen molar-refractivity contribution in [2.24, 2.45) is 0 Å². The highest BCUT2D eigenvalue weighted by molar-refractivity contribution is 6.34. The second kappa shape index (κ2) is 6.81. The number of aliphatic hydroxyl groups is 1. The molecule has 2 amide bonds. The summed E-state index contributed by atoms with van der Waals surface area (Å²) in [5, 5.41) is 10.1. The highest BCUT2D eigenvalue weighted by Gasteiger charge is 2.38. The van der Waals surface area contributed by atoms with Crippen molar-refractivity contribution >= 4 is 17.4 Å². The van der Waals surface area contributed by atoms with Gasteiger partial charge >= 0.3 is 0 Å². The maximum atomic E-state index is 12.5. The molecular formula is C20H19NO4. The fourth-order valence-electron chi connectivity index (χ4n) is 2.90. The number of amides is 2. The van der Waals surface area contributed by atoms with Gasteiger partial charge in [0.15, 0.2) is 5.76 Å². The number of nitrogens with zero attached hydrogens (tertiary/aromatic N) is 1. The van der Waals surface area contributed by atoms with Crippen molar-refractivity contribution < 1.29 is 19.4 Å². The second-order valence-electron chi connectivity index (χ2n) is 6.02. The van der Waals surface area contributed by atoms with E-state index in [2.05, 4.69) is 0 Å². The molecular weight excluding hydrogens is 318 g/mol. The molecule has 2 aromatic carbocycles. The molecule has 0 unspecified atom stereocenters. The van der Waals surface area contributed by atoms with Gasteiger partial charge in [-0.1, -0.05) is 36.4 Å². The maximum Gasteiger partial charge on any atom is 0.296 e. The van der Waals surface area contributed by atoms with Crippen molar-refractivity contribution in [3.8, 4) is 5.75 Å². The zero-order valence-electron chi connectivity index (χ0n) is 14.2. The number of rotatable bonds is 5. The molecule has 0 aliphatic carbocycles. The molecule has 2 aromatic rings. The first-order valence-electron chi connectivity index (χ1n) is 8.03. The number of aryl methyl sites for hydroxylation is 2. The van der Waals surface area contributed by atoms with Gasteiger partial charge in [-0.3, -0.25) is 14.5 Å². The molecule has 1 N–H and O–H groups in total. The average Bonchev–Trinajstić information content (AvgIpc) is 2.78. The lowest BCUT2D eigenvalue weighted by molar-refractivity contribution is -0.138. The van der Waals surface area contributed by atoms with E-state index in [0.717, 1.165) is 16.0 Å². The van der Waals surface area contributed by atoms with E-state index in [4.69, 9.17) is 4.74 Å². The normalized spacial score (nSPS) is 14.4. The maximum absolute atomic E-state index is 12.5. The molecule has 0 saturated heterocycles. The van der Waals surface area contributed by atoms with Gasteiger partial charge in [-0.25, -0.2) is 0 Å². The van der Waals surface area contributed by atoms with E-state index < -0.39 is 17.6 Å². The highest BCUT2D eigenvalue weighted by atomic mass is 16.5. The minimum atomic E-state index is -0.687. The molecule has 1 aliphatic rings. The van der Waals surface area contributed by atoms with Crippen LogP contribution >= 0.6 is 0 Å². The number of carbonyl (C=O) groups excluding carboxylic acids is 2. The van der Waals surface area contributed by atoms with Gasteiger partial charge in [0.05, 0.1) is 12.1 Å². The van der Waals surface area contributed by atoms with Crippen LogP contribution in [0.1, 0.15) is 16.7 Å². The molecule has 0 fully saturated rings. The van der Waals surface area contributed by atoms with Crippen molar-refractivity contribution in [2.45, 2.75) is 13.8 Å². The largest absolute Gasteiger partial charge is 0.502 e. The van der Waals surface area contributed by atoms with E-state index in [1.165, 1.54) is 0 Å². The summed E-state index contributed by atoms with van der Waals surface area (Å²) in [6.45, 7) is 4.18. The summed E-state index contributed by atoms with van der Waals surface area (Å²) in [7, 11) is 0. The fourth-order valence-corrected chi connectivity index (χ4v) is 2.90. The van der Waals surface area contributed by atoms with Crippen LogP contribution in [-0.2, 0) is 9.59 Å². The monoisotopic (exact) mass is 337 g/mol. The van der Waals surface area contributed by atoms with Gasteiger partial charge in [-0.15, -0.1) is 0 Å². The van der Waals surface area contributed by atoms with Crippen molar-refractivity contribution in [1.29, 1.82) is 0 Å². The zero-order chi connectivity index (χ0) is 18.0. The quantitative estimate of drug-likeness (QED) is 0.852. The lowest BCUT2D eigenvalue weighted by Gasteiger charge is -2.15. The van der Waals surface area contributed by atoms with Crippen molar-refractivity contribution in [1.82, 2.24) is 4.90 Å². The predicted octanol–water partition coefficient (Wildman–Crippen LogP) is 3.02. The fraction of sp³-hybridized carbons (Fsp3) is 0.200. The first kappa shape index (κ1) is 16.8. The third kappa shape index (κ3) is 3.40. The van der Waals surface area contributed by atoms with Crippen LogP contribution in [0.4, 0.5) is 0 Å². The smallest absolute Gasteiger partial charge is 0.296 e.